The van der Waals surface area contributed by atoms with E-state index in [1.165, 1.54) is 5.56 Å². The predicted molar refractivity (Wildman–Crippen MR) is 149 cm³/mol. The fourth-order valence-electron chi connectivity index (χ4n) is 4.20. The molecule has 4 rings (SSSR count). The molecule has 1 heterocycles. The van der Waals surface area contributed by atoms with Gasteiger partial charge in [-0.3, -0.25) is 0 Å². The standard InChI is InChI=1S/C30H34N4O3/c1-4-37-30(36)23-13-16-25-26(19-23)33-29(35)27(25)28(22-9-6-5-7-10-22)32-24-14-11-21(12-15-24)20-31-17-8-18-34(2)3/h5-7,9-16,19,31,33,35H,4,8,17-18,20H2,1-3H3. The van der Waals surface area contributed by atoms with Crippen molar-refractivity contribution in [3.05, 3.63) is 95.1 Å². The summed E-state index contributed by atoms with van der Waals surface area (Å²) in [7, 11) is 4.17. The number of benzene rings is 3. The summed E-state index contributed by atoms with van der Waals surface area (Å²) in [5.41, 5.74) is 5.13. The molecule has 37 heavy (non-hydrogen) atoms. The zero-order valence-electron chi connectivity index (χ0n) is 21.6. The number of nitrogens with zero attached hydrogens (tertiary/aromatic N) is 2. The minimum atomic E-state index is -0.399. The van der Waals surface area contributed by atoms with Crippen LogP contribution >= 0.6 is 0 Å². The Bertz CT molecular complexity index is 1360. The maximum absolute atomic E-state index is 12.2. The molecule has 0 atom stereocenters. The van der Waals surface area contributed by atoms with Crippen molar-refractivity contribution in [2.24, 2.45) is 4.99 Å². The number of aromatic nitrogens is 1. The SMILES string of the molecule is CCOC(=O)c1ccc2c(C(=Nc3ccc(CNCCCN(C)C)cc3)c3ccccc3)c(O)[nH]c2c1. The second-order valence-corrected chi connectivity index (χ2v) is 9.16. The van der Waals surface area contributed by atoms with E-state index in [-0.39, 0.29) is 5.88 Å². The van der Waals surface area contributed by atoms with Gasteiger partial charge in [0.2, 0.25) is 0 Å². The van der Waals surface area contributed by atoms with E-state index in [2.05, 4.69) is 41.4 Å². The van der Waals surface area contributed by atoms with Gasteiger partial charge in [0.25, 0.3) is 0 Å². The van der Waals surface area contributed by atoms with Gasteiger partial charge in [-0.1, -0.05) is 48.5 Å². The second kappa shape index (κ2) is 12.3. The molecule has 0 spiro atoms. The van der Waals surface area contributed by atoms with Crippen molar-refractivity contribution in [1.82, 2.24) is 15.2 Å². The fourth-order valence-corrected chi connectivity index (χ4v) is 4.20. The molecular weight excluding hydrogens is 464 g/mol. The van der Waals surface area contributed by atoms with Crippen LogP contribution in [0.5, 0.6) is 5.88 Å². The highest BCUT2D eigenvalue weighted by Gasteiger charge is 2.20. The summed E-state index contributed by atoms with van der Waals surface area (Å²) in [5, 5.41) is 15.2. The molecule has 3 aromatic carbocycles. The van der Waals surface area contributed by atoms with Gasteiger partial charge in [-0.15, -0.1) is 0 Å². The molecular formula is C30H34N4O3. The second-order valence-electron chi connectivity index (χ2n) is 9.16. The Kier molecular flexibility index (Phi) is 8.72. The lowest BCUT2D eigenvalue weighted by molar-refractivity contribution is 0.0526. The molecule has 0 saturated carbocycles. The minimum Gasteiger partial charge on any atom is -0.494 e. The Labute approximate surface area is 217 Å². The first kappa shape index (κ1) is 26.1. The molecule has 4 aromatic rings. The predicted octanol–water partition coefficient (Wildman–Crippen LogP) is 5.26. The number of aliphatic imine (C=N–C) groups is 1. The molecule has 0 fully saturated rings. The largest absolute Gasteiger partial charge is 0.494 e. The number of aromatic amines is 1. The molecule has 1 aromatic heterocycles. The Hall–Kier alpha value is -3.94. The molecule has 0 unspecified atom stereocenters. The van der Waals surface area contributed by atoms with Crippen LogP contribution in [0.1, 0.15) is 40.4 Å². The average molecular weight is 499 g/mol. The highest BCUT2D eigenvalue weighted by molar-refractivity contribution is 6.22. The Morgan fingerprint density at radius 2 is 1.78 bits per heavy atom. The van der Waals surface area contributed by atoms with Gasteiger partial charge in [0.1, 0.15) is 0 Å². The van der Waals surface area contributed by atoms with Crippen molar-refractivity contribution >= 4 is 28.3 Å². The van der Waals surface area contributed by atoms with E-state index >= 15 is 0 Å². The van der Waals surface area contributed by atoms with Gasteiger partial charge in [-0.2, -0.15) is 0 Å². The van der Waals surface area contributed by atoms with Crippen molar-refractivity contribution in [2.75, 3.05) is 33.8 Å². The number of hydrogen-bond donors (Lipinski definition) is 3. The molecule has 7 heteroatoms. The number of ether oxygens (including phenoxy) is 1. The van der Waals surface area contributed by atoms with E-state index in [1.807, 2.05) is 48.5 Å². The Morgan fingerprint density at radius 1 is 1.03 bits per heavy atom. The number of rotatable bonds is 11. The van der Waals surface area contributed by atoms with E-state index in [0.717, 1.165) is 42.7 Å². The third-order valence-electron chi connectivity index (χ3n) is 6.04. The highest BCUT2D eigenvalue weighted by Crippen LogP contribution is 2.32. The average Bonchev–Trinajstić information content (AvgIpc) is 3.23. The number of fused-ring (bicyclic) bond motifs is 1. The van der Waals surface area contributed by atoms with Gasteiger partial charge in [0.15, 0.2) is 5.88 Å². The van der Waals surface area contributed by atoms with E-state index in [0.29, 0.717) is 29.0 Å². The van der Waals surface area contributed by atoms with Gasteiger partial charge in [0, 0.05) is 23.0 Å². The molecule has 0 radical (unpaired) electrons. The van der Waals surface area contributed by atoms with Crippen LogP contribution in [-0.2, 0) is 11.3 Å². The zero-order valence-corrected chi connectivity index (χ0v) is 21.6. The molecule has 0 saturated heterocycles. The topological polar surface area (TPSA) is 89.9 Å². The van der Waals surface area contributed by atoms with Crippen LogP contribution < -0.4 is 5.32 Å². The maximum Gasteiger partial charge on any atom is 0.338 e. The van der Waals surface area contributed by atoms with E-state index in [9.17, 15) is 9.90 Å². The summed E-state index contributed by atoms with van der Waals surface area (Å²) < 4.78 is 5.12. The molecule has 3 N–H and O–H groups in total. The highest BCUT2D eigenvalue weighted by atomic mass is 16.5. The summed E-state index contributed by atoms with van der Waals surface area (Å²) in [6.07, 6.45) is 1.10. The fraction of sp³-hybridized carbons (Fsp3) is 0.267. The number of H-pyrrole nitrogens is 1. The van der Waals surface area contributed by atoms with Crippen molar-refractivity contribution in [2.45, 2.75) is 19.9 Å². The quantitative estimate of drug-likeness (QED) is 0.149. The Balaban J connectivity index is 1.64. The number of carbonyl (C=O) groups excluding carboxylic acids is 1. The minimum absolute atomic E-state index is 0.00263. The molecule has 0 amide bonds. The normalized spacial score (nSPS) is 11.8. The molecule has 0 aliphatic rings. The molecule has 7 nitrogen and oxygen atoms in total. The third kappa shape index (κ3) is 6.64. The summed E-state index contributed by atoms with van der Waals surface area (Å²) in [4.78, 5) is 22.3. The summed E-state index contributed by atoms with van der Waals surface area (Å²) in [5.74, 6) is -0.401. The van der Waals surface area contributed by atoms with Gasteiger partial charge in [0.05, 0.1) is 29.1 Å². The van der Waals surface area contributed by atoms with Crippen LogP contribution in [0, 0.1) is 0 Å². The lowest BCUT2D eigenvalue weighted by Gasteiger charge is -2.10. The first-order valence-electron chi connectivity index (χ1n) is 12.6. The molecule has 0 aliphatic heterocycles. The molecule has 0 bridgehead atoms. The van der Waals surface area contributed by atoms with Crippen LogP contribution in [0.2, 0.25) is 0 Å². The van der Waals surface area contributed by atoms with Crippen molar-refractivity contribution in [3.8, 4) is 5.88 Å². The van der Waals surface area contributed by atoms with E-state index in [4.69, 9.17) is 9.73 Å². The number of esters is 1. The van der Waals surface area contributed by atoms with Crippen molar-refractivity contribution in [1.29, 1.82) is 0 Å². The van der Waals surface area contributed by atoms with Crippen molar-refractivity contribution in [3.63, 3.8) is 0 Å². The molecule has 0 aliphatic carbocycles. The number of carbonyl (C=O) groups is 1. The van der Waals surface area contributed by atoms with Crippen LogP contribution in [0.3, 0.4) is 0 Å². The van der Waals surface area contributed by atoms with E-state index in [1.54, 1.807) is 19.1 Å². The summed E-state index contributed by atoms with van der Waals surface area (Å²) in [6, 6.07) is 23.1. The van der Waals surface area contributed by atoms with Gasteiger partial charge < -0.3 is 25.0 Å². The lowest BCUT2D eigenvalue weighted by atomic mass is 10.00. The Morgan fingerprint density at radius 3 is 2.49 bits per heavy atom. The van der Waals surface area contributed by atoms with Crippen LogP contribution in [0.25, 0.3) is 10.9 Å². The van der Waals surface area contributed by atoms with Crippen LogP contribution in [-0.4, -0.2) is 60.5 Å². The lowest BCUT2D eigenvalue weighted by Crippen LogP contribution is -2.20. The summed E-state index contributed by atoms with van der Waals surface area (Å²) >= 11 is 0. The summed E-state index contributed by atoms with van der Waals surface area (Å²) in [6.45, 7) is 4.90. The van der Waals surface area contributed by atoms with Gasteiger partial charge in [-0.25, -0.2) is 9.79 Å². The maximum atomic E-state index is 12.2. The van der Waals surface area contributed by atoms with E-state index < -0.39 is 5.97 Å². The van der Waals surface area contributed by atoms with Gasteiger partial charge >= 0.3 is 5.97 Å². The number of aromatic hydroxyl groups is 1. The first-order chi connectivity index (χ1) is 18.0. The number of hydrogen-bond acceptors (Lipinski definition) is 6. The smallest absolute Gasteiger partial charge is 0.338 e. The van der Waals surface area contributed by atoms with Crippen LogP contribution in [0.15, 0.2) is 77.8 Å². The third-order valence-corrected chi connectivity index (χ3v) is 6.04. The first-order valence-corrected chi connectivity index (χ1v) is 12.6. The van der Waals surface area contributed by atoms with Crippen molar-refractivity contribution < 1.29 is 14.6 Å². The zero-order chi connectivity index (χ0) is 26.2. The monoisotopic (exact) mass is 498 g/mol. The number of nitrogens with one attached hydrogen (secondary N) is 2. The van der Waals surface area contributed by atoms with Crippen LogP contribution in [0.4, 0.5) is 5.69 Å². The molecule has 192 valence electrons. The van der Waals surface area contributed by atoms with Gasteiger partial charge in [-0.05, 0) is 70.4 Å².